The second-order valence-electron chi connectivity index (χ2n) is 3.15. The number of carbonyl (C=O) groups is 1. The Morgan fingerprint density at radius 1 is 1.50 bits per heavy atom. The van der Waals surface area contributed by atoms with Gasteiger partial charge in [0.05, 0.1) is 7.11 Å². The lowest BCUT2D eigenvalue weighted by molar-refractivity contribution is -0.140. The van der Waals surface area contributed by atoms with Gasteiger partial charge in [-0.3, -0.25) is 4.79 Å². The Hall–Kier alpha value is -0.830. The standard InChI is InChI=1S/C11H13BrO2/c1-8-3-5-10(12)7-9(8)4-6-11(13)14-2/h3,5,7H,4,6H2,1-2H3. The molecule has 1 aromatic rings. The summed E-state index contributed by atoms with van der Waals surface area (Å²) in [6.07, 6.45) is 1.17. The topological polar surface area (TPSA) is 26.3 Å². The van der Waals surface area contributed by atoms with Crippen LogP contribution in [0.25, 0.3) is 0 Å². The molecule has 0 amide bonds. The van der Waals surface area contributed by atoms with Crippen molar-refractivity contribution in [3.05, 3.63) is 33.8 Å². The number of benzene rings is 1. The SMILES string of the molecule is COC(=O)CCc1cc(Br)ccc1C. The van der Waals surface area contributed by atoms with Gasteiger partial charge < -0.3 is 4.74 Å². The van der Waals surface area contributed by atoms with Crippen LogP contribution in [-0.2, 0) is 16.0 Å². The normalized spacial score (nSPS) is 9.93. The van der Waals surface area contributed by atoms with Gasteiger partial charge in [-0.1, -0.05) is 22.0 Å². The van der Waals surface area contributed by atoms with Crippen LogP contribution in [0.5, 0.6) is 0 Å². The maximum absolute atomic E-state index is 10.9. The Kier molecular flexibility index (Phi) is 4.14. The van der Waals surface area contributed by atoms with E-state index in [0.717, 1.165) is 10.9 Å². The van der Waals surface area contributed by atoms with Gasteiger partial charge in [0, 0.05) is 10.9 Å². The summed E-state index contributed by atoms with van der Waals surface area (Å²) in [7, 11) is 1.41. The van der Waals surface area contributed by atoms with E-state index in [0.29, 0.717) is 6.42 Å². The van der Waals surface area contributed by atoms with Crippen molar-refractivity contribution < 1.29 is 9.53 Å². The second kappa shape index (κ2) is 5.15. The summed E-state index contributed by atoms with van der Waals surface area (Å²) in [5, 5.41) is 0. The Balaban J connectivity index is 2.66. The Bertz CT molecular complexity index is 334. The molecule has 1 rings (SSSR count). The maximum Gasteiger partial charge on any atom is 0.305 e. The van der Waals surface area contributed by atoms with Crippen LogP contribution in [0.3, 0.4) is 0 Å². The Morgan fingerprint density at radius 2 is 2.21 bits per heavy atom. The number of methoxy groups -OCH3 is 1. The van der Waals surface area contributed by atoms with Crippen molar-refractivity contribution in [3.63, 3.8) is 0 Å². The summed E-state index contributed by atoms with van der Waals surface area (Å²) in [6.45, 7) is 2.04. The molecule has 0 aliphatic heterocycles. The fraction of sp³-hybridized carbons (Fsp3) is 0.364. The van der Waals surface area contributed by atoms with Crippen LogP contribution in [0.2, 0.25) is 0 Å². The van der Waals surface area contributed by atoms with Gasteiger partial charge in [-0.2, -0.15) is 0 Å². The first-order chi connectivity index (χ1) is 6.63. The monoisotopic (exact) mass is 256 g/mol. The molecule has 1 aromatic carbocycles. The molecule has 3 heteroatoms. The number of carbonyl (C=O) groups excluding carboxylic acids is 1. The minimum atomic E-state index is -0.163. The number of ether oxygens (including phenoxy) is 1. The quantitative estimate of drug-likeness (QED) is 0.778. The predicted octanol–water partition coefficient (Wildman–Crippen LogP) is 2.86. The molecule has 0 bridgehead atoms. The number of hydrogen-bond acceptors (Lipinski definition) is 2. The van der Waals surface area contributed by atoms with Gasteiger partial charge in [0.15, 0.2) is 0 Å². The van der Waals surface area contributed by atoms with Gasteiger partial charge >= 0.3 is 5.97 Å². The summed E-state index contributed by atoms with van der Waals surface area (Å²) in [5.74, 6) is -0.163. The molecule has 0 aliphatic rings. The van der Waals surface area contributed by atoms with Gasteiger partial charge in [-0.05, 0) is 36.6 Å². The van der Waals surface area contributed by atoms with E-state index < -0.39 is 0 Å². The molecule has 0 unspecified atom stereocenters. The fourth-order valence-corrected chi connectivity index (χ4v) is 1.66. The molecule has 0 N–H and O–H groups in total. The molecule has 0 radical (unpaired) electrons. The van der Waals surface area contributed by atoms with Crippen molar-refractivity contribution in [2.75, 3.05) is 7.11 Å². The van der Waals surface area contributed by atoms with E-state index in [-0.39, 0.29) is 5.97 Å². The molecule has 0 spiro atoms. The van der Waals surface area contributed by atoms with E-state index in [1.165, 1.54) is 18.2 Å². The van der Waals surface area contributed by atoms with E-state index in [1.807, 2.05) is 25.1 Å². The molecule has 0 atom stereocenters. The average molecular weight is 257 g/mol. The van der Waals surface area contributed by atoms with Crippen LogP contribution in [0.1, 0.15) is 17.5 Å². The summed E-state index contributed by atoms with van der Waals surface area (Å²) >= 11 is 3.40. The van der Waals surface area contributed by atoms with E-state index >= 15 is 0 Å². The highest BCUT2D eigenvalue weighted by Gasteiger charge is 2.04. The van der Waals surface area contributed by atoms with Crippen LogP contribution in [0.4, 0.5) is 0 Å². The molecule has 14 heavy (non-hydrogen) atoms. The zero-order chi connectivity index (χ0) is 10.6. The van der Waals surface area contributed by atoms with Gasteiger partial charge in [0.2, 0.25) is 0 Å². The van der Waals surface area contributed by atoms with Gasteiger partial charge in [-0.25, -0.2) is 0 Å². The highest BCUT2D eigenvalue weighted by atomic mass is 79.9. The minimum absolute atomic E-state index is 0.163. The zero-order valence-electron chi connectivity index (χ0n) is 8.34. The summed E-state index contributed by atoms with van der Waals surface area (Å²) in [5.41, 5.74) is 2.39. The van der Waals surface area contributed by atoms with E-state index in [2.05, 4.69) is 20.7 Å². The number of aryl methyl sites for hydroxylation is 2. The first-order valence-electron chi connectivity index (χ1n) is 4.45. The van der Waals surface area contributed by atoms with Crippen molar-refractivity contribution in [1.82, 2.24) is 0 Å². The number of rotatable bonds is 3. The third-order valence-corrected chi connectivity index (χ3v) is 2.63. The van der Waals surface area contributed by atoms with Gasteiger partial charge in [0.25, 0.3) is 0 Å². The number of halogens is 1. The molecule has 0 saturated carbocycles. The molecule has 0 aliphatic carbocycles. The van der Waals surface area contributed by atoms with Crippen LogP contribution >= 0.6 is 15.9 Å². The highest BCUT2D eigenvalue weighted by molar-refractivity contribution is 9.10. The zero-order valence-corrected chi connectivity index (χ0v) is 9.93. The van der Waals surface area contributed by atoms with Gasteiger partial charge in [-0.15, -0.1) is 0 Å². The summed E-state index contributed by atoms with van der Waals surface area (Å²) < 4.78 is 5.64. The molecular formula is C11H13BrO2. The summed E-state index contributed by atoms with van der Waals surface area (Å²) in [6, 6.07) is 6.08. The Labute approximate surface area is 92.4 Å². The average Bonchev–Trinajstić information content (AvgIpc) is 2.19. The van der Waals surface area contributed by atoms with Crippen LogP contribution in [-0.4, -0.2) is 13.1 Å². The lowest BCUT2D eigenvalue weighted by Crippen LogP contribution is -2.02. The molecule has 76 valence electrons. The molecule has 2 nitrogen and oxygen atoms in total. The molecule has 0 saturated heterocycles. The first kappa shape index (κ1) is 11.2. The first-order valence-corrected chi connectivity index (χ1v) is 5.24. The largest absolute Gasteiger partial charge is 0.469 e. The molecule has 0 fully saturated rings. The third-order valence-electron chi connectivity index (χ3n) is 2.14. The molecule has 0 heterocycles. The van der Waals surface area contributed by atoms with Crippen molar-refractivity contribution in [1.29, 1.82) is 0 Å². The smallest absolute Gasteiger partial charge is 0.305 e. The summed E-state index contributed by atoms with van der Waals surface area (Å²) in [4.78, 5) is 10.9. The van der Waals surface area contributed by atoms with E-state index in [1.54, 1.807) is 0 Å². The third kappa shape index (κ3) is 3.14. The minimum Gasteiger partial charge on any atom is -0.469 e. The molecular weight excluding hydrogens is 244 g/mol. The number of hydrogen-bond donors (Lipinski definition) is 0. The van der Waals surface area contributed by atoms with Crippen LogP contribution < -0.4 is 0 Å². The predicted molar refractivity (Wildman–Crippen MR) is 59.2 cm³/mol. The lowest BCUT2D eigenvalue weighted by atomic mass is 10.0. The van der Waals surface area contributed by atoms with Crippen LogP contribution in [0, 0.1) is 6.92 Å². The van der Waals surface area contributed by atoms with E-state index in [9.17, 15) is 4.79 Å². The van der Waals surface area contributed by atoms with E-state index in [4.69, 9.17) is 0 Å². The van der Waals surface area contributed by atoms with Crippen molar-refractivity contribution in [3.8, 4) is 0 Å². The lowest BCUT2D eigenvalue weighted by Gasteiger charge is -2.05. The second-order valence-corrected chi connectivity index (χ2v) is 4.06. The number of esters is 1. The van der Waals surface area contributed by atoms with Gasteiger partial charge in [0.1, 0.15) is 0 Å². The maximum atomic E-state index is 10.9. The van der Waals surface area contributed by atoms with Crippen molar-refractivity contribution in [2.45, 2.75) is 19.8 Å². The Morgan fingerprint density at radius 3 is 2.86 bits per heavy atom. The molecule has 0 aromatic heterocycles. The fourth-order valence-electron chi connectivity index (χ4n) is 1.25. The van der Waals surface area contributed by atoms with Crippen molar-refractivity contribution >= 4 is 21.9 Å². The van der Waals surface area contributed by atoms with Crippen LogP contribution in [0.15, 0.2) is 22.7 Å². The highest BCUT2D eigenvalue weighted by Crippen LogP contribution is 2.17. The van der Waals surface area contributed by atoms with Crippen molar-refractivity contribution in [2.24, 2.45) is 0 Å².